The van der Waals surface area contributed by atoms with Crippen molar-refractivity contribution in [3.63, 3.8) is 0 Å². The van der Waals surface area contributed by atoms with E-state index >= 15 is 0 Å². The van der Waals surface area contributed by atoms with Gasteiger partial charge in [-0.2, -0.15) is 0 Å². The van der Waals surface area contributed by atoms with Crippen molar-refractivity contribution in [3.05, 3.63) is 35.9 Å². The van der Waals surface area contributed by atoms with Crippen LogP contribution in [0.2, 0.25) is 0 Å². The highest BCUT2D eigenvalue weighted by Gasteiger charge is 2.47. The third-order valence-electron chi connectivity index (χ3n) is 4.65. The van der Waals surface area contributed by atoms with Gasteiger partial charge < -0.3 is 15.1 Å². The molecule has 7 nitrogen and oxygen atoms in total. The summed E-state index contributed by atoms with van der Waals surface area (Å²) >= 11 is 0. The maximum absolute atomic E-state index is 12.7. The molecule has 0 bridgehead atoms. The number of carbonyl (C=O) groups is 2. The van der Waals surface area contributed by atoms with Crippen LogP contribution in [0.4, 0.5) is 0 Å². The molecule has 3 atom stereocenters. The standard InChI is InChI=1S/C19H26NO6P/c1-19(2,18(24)20-13-7-11-15(20)17(22)23)26-27(25)16(21)12-6-10-14-8-4-3-5-9-14/h3-5,8-9,15-16,21H,6-7,10-13H2,1-2H3/p+1/t15-,16?/m0/s1. The molecule has 1 heterocycles. The first-order valence-electron chi connectivity index (χ1n) is 9.13. The van der Waals surface area contributed by atoms with E-state index in [1.165, 1.54) is 18.7 Å². The van der Waals surface area contributed by atoms with Crippen molar-refractivity contribution < 1.29 is 28.9 Å². The van der Waals surface area contributed by atoms with Crippen LogP contribution >= 0.6 is 8.03 Å². The Kier molecular flexibility index (Phi) is 7.48. The number of likely N-dealkylation sites (tertiary alicyclic amines) is 1. The number of aryl methyl sites for hydroxylation is 1. The van der Waals surface area contributed by atoms with Gasteiger partial charge in [0.05, 0.1) is 0 Å². The lowest BCUT2D eigenvalue weighted by molar-refractivity contribution is -0.154. The van der Waals surface area contributed by atoms with Crippen molar-refractivity contribution in [1.29, 1.82) is 0 Å². The average molecular weight is 396 g/mol. The van der Waals surface area contributed by atoms with Gasteiger partial charge in [-0.3, -0.25) is 4.79 Å². The van der Waals surface area contributed by atoms with E-state index in [-0.39, 0.29) is 6.42 Å². The fourth-order valence-corrected chi connectivity index (χ4v) is 4.22. The maximum Gasteiger partial charge on any atom is 0.541 e. The molecular weight excluding hydrogens is 369 g/mol. The van der Waals surface area contributed by atoms with E-state index in [0.717, 1.165) is 12.0 Å². The molecular formula is C19H27NO6P+. The number of carboxylic acids is 1. The number of aliphatic hydroxyl groups is 1. The van der Waals surface area contributed by atoms with Gasteiger partial charge in [0, 0.05) is 13.0 Å². The first-order valence-corrected chi connectivity index (χ1v) is 10.4. The SMILES string of the molecule is CC(C)(O[P+](=O)C(O)CCCc1ccccc1)C(=O)N1CCC[C@H]1C(=O)O. The molecule has 0 aromatic heterocycles. The van der Waals surface area contributed by atoms with Crippen LogP contribution in [0.1, 0.15) is 45.1 Å². The molecule has 1 fully saturated rings. The molecule has 27 heavy (non-hydrogen) atoms. The van der Waals surface area contributed by atoms with Crippen molar-refractivity contribution in [3.8, 4) is 0 Å². The van der Waals surface area contributed by atoms with Gasteiger partial charge in [0.25, 0.3) is 11.8 Å². The summed E-state index contributed by atoms with van der Waals surface area (Å²) in [5.41, 5.74) is -0.337. The topological polar surface area (TPSA) is 104 Å². The molecule has 1 saturated heterocycles. The molecule has 1 aliphatic heterocycles. The Labute approximate surface area is 160 Å². The van der Waals surface area contributed by atoms with Gasteiger partial charge in [0.1, 0.15) is 6.04 Å². The molecule has 0 saturated carbocycles. The quantitative estimate of drug-likeness (QED) is 0.622. The fraction of sp³-hybridized carbons (Fsp3) is 0.579. The summed E-state index contributed by atoms with van der Waals surface area (Å²) in [5, 5.41) is 19.3. The number of benzene rings is 1. The van der Waals surface area contributed by atoms with Crippen LogP contribution in [0, 0.1) is 0 Å². The minimum absolute atomic E-state index is 0.288. The molecule has 0 aliphatic carbocycles. The van der Waals surface area contributed by atoms with Crippen LogP contribution in [0.5, 0.6) is 0 Å². The highest BCUT2D eigenvalue weighted by atomic mass is 31.1. The summed E-state index contributed by atoms with van der Waals surface area (Å²) in [6, 6.07) is 8.89. The lowest BCUT2D eigenvalue weighted by Gasteiger charge is -2.28. The highest BCUT2D eigenvalue weighted by molar-refractivity contribution is 7.39. The van der Waals surface area contributed by atoms with Gasteiger partial charge in [-0.25, -0.2) is 4.79 Å². The molecule has 1 aromatic rings. The van der Waals surface area contributed by atoms with E-state index in [0.29, 0.717) is 25.8 Å². The van der Waals surface area contributed by atoms with Crippen molar-refractivity contribution in [2.24, 2.45) is 0 Å². The molecule has 1 amide bonds. The molecule has 0 spiro atoms. The minimum atomic E-state index is -2.48. The Balaban J connectivity index is 1.86. The van der Waals surface area contributed by atoms with Crippen molar-refractivity contribution >= 4 is 19.9 Å². The van der Waals surface area contributed by atoms with E-state index in [1.54, 1.807) is 0 Å². The minimum Gasteiger partial charge on any atom is -0.480 e. The van der Waals surface area contributed by atoms with Crippen LogP contribution in [-0.4, -0.2) is 51.0 Å². The van der Waals surface area contributed by atoms with E-state index < -0.39 is 37.4 Å². The molecule has 8 heteroatoms. The normalized spacial score (nSPS) is 19.0. The van der Waals surface area contributed by atoms with Crippen LogP contribution < -0.4 is 0 Å². The number of nitrogens with zero attached hydrogens (tertiary/aromatic N) is 1. The van der Waals surface area contributed by atoms with Gasteiger partial charge in [0.15, 0.2) is 5.60 Å². The lowest BCUT2D eigenvalue weighted by Crippen LogP contribution is -2.50. The molecule has 2 rings (SSSR count). The Morgan fingerprint density at radius 3 is 2.63 bits per heavy atom. The summed E-state index contributed by atoms with van der Waals surface area (Å²) in [6.07, 6.45) is 2.67. The second-order valence-electron chi connectivity index (χ2n) is 7.24. The van der Waals surface area contributed by atoms with E-state index in [4.69, 9.17) is 4.52 Å². The molecule has 148 valence electrons. The molecule has 1 aliphatic rings. The van der Waals surface area contributed by atoms with Gasteiger partial charge in [-0.15, -0.1) is 4.52 Å². The summed E-state index contributed by atoms with van der Waals surface area (Å²) in [7, 11) is -2.48. The third kappa shape index (κ3) is 5.83. The molecule has 0 radical (unpaired) electrons. The summed E-state index contributed by atoms with van der Waals surface area (Å²) in [5.74, 6) is -2.75. The lowest BCUT2D eigenvalue weighted by atomic mass is 10.1. The van der Waals surface area contributed by atoms with Crippen LogP contribution in [0.15, 0.2) is 30.3 Å². The first kappa shape index (κ1) is 21.5. The largest absolute Gasteiger partial charge is 0.541 e. The van der Waals surface area contributed by atoms with Gasteiger partial charge in [0.2, 0.25) is 0 Å². The van der Waals surface area contributed by atoms with Gasteiger partial charge >= 0.3 is 14.0 Å². The van der Waals surface area contributed by atoms with E-state index in [1.807, 2.05) is 30.3 Å². The number of carbonyl (C=O) groups excluding carboxylic acids is 1. The van der Waals surface area contributed by atoms with Gasteiger partial charge in [-0.05, 0) is 49.7 Å². The zero-order chi connectivity index (χ0) is 20.0. The third-order valence-corrected chi connectivity index (χ3v) is 6.03. The second-order valence-corrected chi connectivity index (χ2v) is 8.59. The van der Waals surface area contributed by atoms with Crippen molar-refractivity contribution in [2.75, 3.05) is 6.54 Å². The number of hydrogen-bond donors (Lipinski definition) is 2. The van der Waals surface area contributed by atoms with E-state index in [2.05, 4.69) is 0 Å². The van der Waals surface area contributed by atoms with Gasteiger partial charge in [-0.1, -0.05) is 30.3 Å². The van der Waals surface area contributed by atoms with Crippen LogP contribution in [0.25, 0.3) is 0 Å². The Bertz CT molecular complexity index is 678. The first-order chi connectivity index (χ1) is 12.7. The monoisotopic (exact) mass is 396 g/mol. The predicted octanol–water partition coefficient (Wildman–Crippen LogP) is 2.94. The number of amides is 1. The number of hydrogen-bond acceptors (Lipinski definition) is 5. The predicted molar refractivity (Wildman–Crippen MR) is 101 cm³/mol. The molecule has 2 unspecified atom stereocenters. The number of aliphatic hydroxyl groups excluding tert-OH is 1. The summed E-state index contributed by atoms with van der Waals surface area (Å²) < 4.78 is 17.7. The van der Waals surface area contributed by atoms with Crippen LogP contribution in [-0.2, 0) is 25.1 Å². The summed E-state index contributed by atoms with van der Waals surface area (Å²) in [6.45, 7) is 3.24. The fourth-order valence-electron chi connectivity index (χ4n) is 3.18. The average Bonchev–Trinajstić information content (AvgIpc) is 3.11. The maximum atomic E-state index is 12.7. The smallest absolute Gasteiger partial charge is 0.480 e. The Hall–Kier alpha value is -1.82. The molecule has 2 N–H and O–H groups in total. The van der Waals surface area contributed by atoms with Crippen LogP contribution in [0.3, 0.4) is 0 Å². The highest BCUT2D eigenvalue weighted by Crippen LogP contribution is 2.38. The van der Waals surface area contributed by atoms with Crippen molar-refractivity contribution in [1.82, 2.24) is 4.90 Å². The number of aliphatic carboxylic acids is 1. The number of rotatable bonds is 9. The number of carboxylic acid groups (broad SMARTS) is 1. The zero-order valence-electron chi connectivity index (χ0n) is 15.7. The van der Waals surface area contributed by atoms with Crippen molar-refractivity contribution in [2.45, 2.75) is 63.4 Å². The second kappa shape index (κ2) is 9.40. The Morgan fingerprint density at radius 1 is 1.33 bits per heavy atom. The molecule has 1 aromatic carbocycles. The summed E-state index contributed by atoms with van der Waals surface area (Å²) in [4.78, 5) is 25.2. The zero-order valence-corrected chi connectivity index (χ0v) is 16.6. The Morgan fingerprint density at radius 2 is 2.00 bits per heavy atom. The van der Waals surface area contributed by atoms with E-state index in [9.17, 15) is 24.4 Å².